The molecule has 0 aliphatic rings. The fraction of sp³-hybridized carbons (Fsp3) is 0. The van der Waals surface area contributed by atoms with Crippen LogP contribution in [0.3, 0.4) is 0 Å². The van der Waals surface area contributed by atoms with E-state index < -0.39 is 40.2 Å². The van der Waals surface area contributed by atoms with Crippen molar-refractivity contribution >= 4 is 27.8 Å². The van der Waals surface area contributed by atoms with E-state index >= 15 is 0 Å². The molecule has 0 bridgehead atoms. The molecule has 0 fully saturated rings. The molecule has 0 radical (unpaired) electrons. The zero-order chi connectivity index (χ0) is 20.4. The van der Waals surface area contributed by atoms with Crippen molar-refractivity contribution in [2.45, 2.75) is 0 Å². The van der Waals surface area contributed by atoms with Gasteiger partial charge in [0.2, 0.25) is 11.6 Å². The van der Waals surface area contributed by atoms with Crippen LogP contribution in [-0.4, -0.2) is 24.3 Å². The molecular weight excluding hydrogens is 397 g/mol. The van der Waals surface area contributed by atoms with Crippen LogP contribution >= 0.6 is 0 Å². The summed E-state index contributed by atoms with van der Waals surface area (Å²) in [6.45, 7) is 0. The van der Waals surface area contributed by atoms with Gasteiger partial charge in [0, 0.05) is 11.8 Å². The van der Waals surface area contributed by atoms with Crippen LogP contribution in [0.15, 0.2) is 35.5 Å². The van der Waals surface area contributed by atoms with E-state index in [1.807, 2.05) is 0 Å². The summed E-state index contributed by atoms with van der Waals surface area (Å²) >= 11 is 0. The van der Waals surface area contributed by atoms with Crippen LogP contribution in [-0.2, 0) is 0 Å². The number of imidazole rings is 1. The highest BCUT2D eigenvalue weighted by molar-refractivity contribution is 5.96. The molecular formula is C18H6F5N5O. The summed E-state index contributed by atoms with van der Waals surface area (Å²) in [6, 6.07) is 4.04. The lowest BCUT2D eigenvalue weighted by Crippen LogP contribution is -2.11. The van der Waals surface area contributed by atoms with E-state index in [2.05, 4.69) is 19.9 Å². The summed E-state index contributed by atoms with van der Waals surface area (Å²) < 4.78 is 70.9. The Morgan fingerprint density at radius 1 is 0.931 bits per heavy atom. The van der Waals surface area contributed by atoms with Crippen molar-refractivity contribution in [1.29, 1.82) is 0 Å². The average Bonchev–Trinajstić information content (AvgIpc) is 3.10. The highest BCUT2D eigenvalue weighted by Gasteiger charge is 2.28. The van der Waals surface area contributed by atoms with Gasteiger partial charge in [-0.1, -0.05) is 12.1 Å². The van der Waals surface area contributed by atoms with E-state index in [0.29, 0.717) is 0 Å². The number of aromatic nitrogens is 5. The predicted molar refractivity (Wildman–Crippen MR) is 91.6 cm³/mol. The van der Waals surface area contributed by atoms with E-state index in [4.69, 9.17) is 0 Å². The molecule has 0 aliphatic heterocycles. The Labute approximate surface area is 156 Å². The maximum Gasteiger partial charge on any atom is 0.263 e. The maximum atomic E-state index is 14.4. The molecule has 2 aromatic carbocycles. The molecule has 0 spiro atoms. The number of H-pyrrole nitrogens is 1. The molecule has 3 heterocycles. The second-order valence-electron chi connectivity index (χ2n) is 6.10. The van der Waals surface area contributed by atoms with E-state index in [1.165, 1.54) is 35.1 Å². The van der Waals surface area contributed by atoms with Gasteiger partial charge in [-0.3, -0.25) is 14.2 Å². The van der Waals surface area contributed by atoms with Gasteiger partial charge in [-0.25, -0.2) is 36.9 Å². The van der Waals surface area contributed by atoms with Gasteiger partial charge in [0.15, 0.2) is 28.9 Å². The van der Waals surface area contributed by atoms with Crippen molar-refractivity contribution < 1.29 is 22.0 Å². The number of nitrogens with zero attached hydrogens (tertiary/aromatic N) is 4. The fourth-order valence-electron chi connectivity index (χ4n) is 3.27. The summed E-state index contributed by atoms with van der Waals surface area (Å²) in [7, 11) is 0. The maximum absolute atomic E-state index is 14.4. The Bertz CT molecular complexity index is 1510. The molecule has 5 aromatic rings. The summed E-state index contributed by atoms with van der Waals surface area (Å²) in [6.07, 6.45) is 2.47. The van der Waals surface area contributed by atoms with Crippen molar-refractivity contribution in [3.05, 3.63) is 70.2 Å². The van der Waals surface area contributed by atoms with E-state index in [1.54, 1.807) is 0 Å². The van der Waals surface area contributed by atoms with Gasteiger partial charge in [-0.05, 0) is 6.07 Å². The Hall–Kier alpha value is -3.89. The van der Waals surface area contributed by atoms with Crippen LogP contribution in [0.4, 0.5) is 22.0 Å². The highest BCUT2D eigenvalue weighted by atomic mass is 19.2. The van der Waals surface area contributed by atoms with Gasteiger partial charge in [-0.15, -0.1) is 0 Å². The molecule has 0 aliphatic carbocycles. The number of benzene rings is 2. The Morgan fingerprint density at radius 2 is 1.62 bits per heavy atom. The standard InChI is InChI=1S/C18H6F5N5O/c19-10-9(11(20)13(22)14(23)12(10)21)6-2-1-3-8-15(6)26-18-27-17(29)7-4-24-5-25-16(7)28(8)18/h1-5H,(H,26,27,29). The lowest BCUT2D eigenvalue weighted by molar-refractivity contribution is 0.381. The van der Waals surface area contributed by atoms with Gasteiger partial charge in [0.25, 0.3) is 5.56 Å². The molecule has 3 aromatic heterocycles. The number of hydrogen-bond acceptors (Lipinski definition) is 4. The SMILES string of the molecule is O=c1[nH]c2nc3c(-c4c(F)c(F)c(F)c(F)c4F)cccc3n2c2ncncc12. The molecule has 0 saturated heterocycles. The Morgan fingerprint density at radius 3 is 2.34 bits per heavy atom. The van der Waals surface area contributed by atoms with Crippen molar-refractivity contribution in [2.24, 2.45) is 0 Å². The minimum atomic E-state index is -2.25. The molecule has 5 rings (SSSR count). The van der Waals surface area contributed by atoms with Crippen molar-refractivity contribution in [2.75, 3.05) is 0 Å². The molecule has 0 atom stereocenters. The predicted octanol–water partition coefficient (Wildman–Crippen LogP) is 3.48. The summed E-state index contributed by atoms with van der Waals surface area (Å²) in [5.41, 5.74) is -1.69. The number of para-hydroxylation sites is 1. The second kappa shape index (κ2) is 5.80. The number of halogens is 5. The highest BCUT2D eigenvalue weighted by Crippen LogP contribution is 2.35. The number of rotatable bonds is 1. The normalized spacial score (nSPS) is 11.8. The molecule has 1 N–H and O–H groups in total. The first-order chi connectivity index (χ1) is 13.9. The number of nitrogens with one attached hydrogen (secondary N) is 1. The van der Waals surface area contributed by atoms with E-state index in [0.717, 1.165) is 0 Å². The van der Waals surface area contributed by atoms with Gasteiger partial charge in [0.1, 0.15) is 11.7 Å². The zero-order valence-corrected chi connectivity index (χ0v) is 14.0. The van der Waals surface area contributed by atoms with Gasteiger partial charge >= 0.3 is 0 Å². The van der Waals surface area contributed by atoms with E-state index in [9.17, 15) is 26.7 Å². The summed E-state index contributed by atoms with van der Waals surface area (Å²) in [5.74, 6) is -10.4. The molecule has 6 nitrogen and oxygen atoms in total. The van der Waals surface area contributed by atoms with Crippen LogP contribution in [0.1, 0.15) is 0 Å². The smallest absolute Gasteiger partial charge is 0.263 e. The van der Waals surface area contributed by atoms with Gasteiger partial charge < -0.3 is 0 Å². The van der Waals surface area contributed by atoms with Crippen molar-refractivity contribution in [1.82, 2.24) is 24.3 Å². The third-order valence-corrected chi connectivity index (χ3v) is 4.54. The molecule has 11 heteroatoms. The Kier molecular flexibility index (Phi) is 3.45. The average molecular weight is 403 g/mol. The minimum Gasteiger partial charge on any atom is -0.291 e. The third kappa shape index (κ3) is 2.21. The molecule has 144 valence electrons. The summed E-state index contributed by atoms with van der Waals surface area (Å²) in [4.78, 5) is 26.7. The number of hydrogen-bond donors (Lipinski definition) is 1. The van der Waals surface area contributed by atoms with Gasteiger partial charge in [0.05, 0.1) is 16.6 Å². The quantitative estimate of drug-likeness (QED) is 0.264. The molecule has 29 heavy (non-hydrogen) atoms. The van der Waals surface area contributed by atoms with Crippen molar-refractivity contribution in [3.8, 4) is 11.1 Å². The largest absolute Gasteiger partial charge is 0.291 e. The van der Waals surface area contributed by atoms with Crippen LogP contribution < -0.4 is 5.56 Å². The first-order valence-corrected chi connectivity index (χ1v) is 8.05. The second-order valence-corrected chi connectivity index (χ2v) is 6.10. The van der Waals surface area contributed by atoms with E-state index in [-0.39, 0.29) is 33.4 Å². The number of fused-ring (bicyclic) bond motifs is 5. The van der Waals surface area contributed by atoms with Crippen LogP contribution in [0.2, 0.25) is 0 Å². The molecule has 0 unspecified atom stereocenters. The van der Waals surface area contributed by atoms with Crippen LogP contribution in [0.25, 0.3) is 39.0 Å². The van der Waals surface area contributed by atoms with Crippen LogP contribution in [0.5, 0.6) is 0 Å². The summed E-state index contributed by atoms with van der Waals surface area (Å²) in [5, 5.41) is 0.126. The lowest BCUT2D eigenvalue weighted by Gasteiger charge is -2.09. The monoisotopic (exact) mass is 403 g/mol. The number of aromatic amines is 1. The molecule has 0 amide bonds. The molecule has 0 saturated carbocycles. The Balaban J connectivity index is 1.98. The zero-order valence-electron chi connectivity index (χ0n) is 14.0. The first kappa shape index (κ1) is 17.2. The third-order valence-electron chi connectivity index (χ3n) is 4.54. The van der Waals surface area contributed by atoms with Gasteiger partial charge in [-0.2, -0.15) is 0 Å². The minimum absolute atomic E-state index is 0.0208. The topological polar surface area (TPSA) is 75.9 Å². The lowest BCUT2D eigenvalue weighted by atomic mass is 10.0. The van der Waals surface area contributed by atoms with Crippen molar-refractivity contribution in [3.63, 3.8) is 0 Å². The van der Waals surface area contributed by atoms with Crippen LogP contribution in [0, 0.1) is 29.1 Å². The fourth-order valence-corrected chi connectivity index (χ4v) is 3.27. The first-order valence-electron chi connectivity index (χ1n) is 8.05.